The number of rotatable bonds is 6. The molecule has 2 aromatic carbocycles. The summed E-state index contributed by atoms with van der Waals surface area (Å²) in [5, 5.41) is 4.07. The van der Waals surface area contributed by atoms with Crippen molar-refractivity contribution in [3.63, 3.8) is 0 Å². The number of ether oxygens (including phenoxy) is 1. The van der Waals surface area contributed by atoms with E-state index < -0.39 is 0 Å². The van der Waals surface area contributed by atoms with Gasteiger partial charge in [0.25, 0.3) is 0 Å². The lowest BCUT2D eigenvalue weighted by molar-refractivity contribution is -0.117. The maximum Gasteiger partial charge on any atom is 0.244 e. The Morgan fingerprint density at radius 1 is 1.11 bits per heavy atom. The number of methoxy groups -OCH3 is 1. The molecule has 0 heterocycles. The van der Waals surface area contributed by atoms with Crippen LogP contribution in [0.1, 0.15) is 55.0 Å². The largest absolute Gasteiger partial charge is 0.496 e. The van der Waals surface area contributed by atoms with Gasteiger partial charge in [-0.1, -0.05) is 43.1 Å². The molecule has 0 fully saturated rings. The second-order valence-electron chi connectivity index (χ2n) is 6.83. The third kappa shape index (κ3) is 5.50. The normalized spacial score (nSPS) is 12.4. The molecule has 1 N–H and O–H groups in total. The summed E-state index contributed by atoms with van der Waals surface area (Å²) in [5.74, 6) is 1.02. The van der Waals surface area contributed by atoms with Crippen molar-refractivity contribution in [2.75, 3.05) is 7.11 Å². The fourth-order valence-electron chi connectivity index (χ4n) is 2.95. The van der Waals surface area contributed by atoms with Crippen molar-refractivity contribution < 1.29 is 9.53 Å². The van der Waals surface area contributed by atoms with Crippen molar-refractivity contribution >= 4 is 35.2 Å². The van der Waals surface area contributed by atoms with Gasteiger partial charge in [-0.05, 0) is 72.4 Å². The van der Waals surface area contributed by atoms with Crippen LogP contribution in [0.15, 0.2) is 36.4 Å². The first-order valence-corrected chi connectivity index (χ1v) is 9.60. The van der Waals surface area contributed by atoms with Crippen LogP contribution < -0.4 is 10.1 Å². The first-order valence-electron chi connectivity index (χ1n) is 8.85. The third-order valence-electron chi connectivity index (χ3n) is 4.44. The van der Waals surface area contributed by atoms with Gasteiger partial charge in [-0.2, -0.15) is 0 Å². The van der Waals surface area contributed by atoms with E-state index in [2.05, 4.69) is 25.2 Å². The SMILES string of the molecule is COc1cc(C)c([C@H](C)NC(=O)/C=C/c2ccc(Cl)cc2Cl)cc1C(C)C. The molecule has 0 aliphatic heterocycles. The van der Waals surface area contributed by atoms with E-state index in [1.807, 2.05) is 19.9 Å². The van der Waals surface area contributed by atoms with Crippen LogP contribution in [0.3, 0.4) is 0 Å². The molecule has 5 heteroatoms. The first-order chi connectivity index (χ1) is 12.7. The molecule has 0 radical (unpaired) electrons. The first kappa shape index (κ1) is 21.3. The molecule has 0 aromatic heterocycles. The van der Waals surface area contributed by atoms with E-state index in [0.717, 1.165) is 28.0 Å². The van der Waals surface area contributed by atoms with Crippen molar-refractivity contribution in [2.24, 2.45) is 0 Å². The molecule has 0 saturated carbocycles. The molecule has 27 heavy (non-hydrogen) atoms. The summed E-state index contributed by atoms with van der Waals surface area (Å²) in [6, 6.07) is 9.17. The minimum Gasteiger partial charge on any atom is -0.496 e. The standard InChI is InChI=1S/C22H25Cl2NO2/c1-13(2)18-12-19(14(3)10-21(18)27-5)15(4)25-22(26)9-7-16-6-8-17(23)11-20(16)24/h6-13,15H,1-5H3,(H,25,26)/b9-7+/t15-/m0/s1. The Morgan fingerprint density at radius 2 is 1.81 bits per heavy atom. The van der Waals surface area contributed by atoms with E-state index in [4.69, 9.17) is 27.9 Å². The minimum absolute atomic E-state index is 0.133. The summed E-state index contributed by atoms with van der Waals surface area (Å²) in [4.78, 5) is 12.3. The second-order valence-corrected chi connectivity index (χ2v) is 7.68. The highest BCUT2D eigenvalue weighted by Gasteiger charge is 2.16. The number of aryl methyl sites for hydroxylation is 1. The van der Waals surface area contributed by atoms with Gasteiger partial charge >= 0.3 is 0 Å². The van der Waals surface area contributed by atoms with Gasteiger partial charge < -0.3 is 10.1 Å². The van der Waals surface area contributed by atoms with E-state index in [1.54, 1.807) is 31.4 Å². The Hall–Kier alpha value is -1.97. The van der Waals surface area contributed by atoms with Gasteiger partial charge in [0.05, 0.1) is 13.2 Å². The molecule has 1 amide bonds. The molecule has 0 saturated heterocycles. The van der Waals surface area contributed by atoms with Crippen LogP contribution in [0.4, 0.5) is 0 Å². The zero-order valence-corrected chi connectivity index (χ0v) is 17.8. The molecule has 0 unspecified atom stereocenters. The smallest absolute Gasteiger partial charge is 0.244 e. The predicted molar refractivity (Wildman–Crippen MR) is 114 cm³/mol. The summed E-state index contributed by atoms with van der Waals surface area (Å²) in [6.45, 7) is 8.24. The third-order valence-corrected chi connectivity index (χ3v) is 5.00. The van der Waals surface area contributed by atoms with Gasteiger partial charge in [-0.25, -0.2) is 0 Å². The van der Waals surface area contributed by atoms with Crippen LogP contribution in [0.5, 0.6) is 5.75 Å². The maximum atomic E-state index is 12.3. The van der Waals surface area contributed by atoms with Crippen molar-refractivity contribution in [1.29, 1.82) is 0 Å². The van der Waals surface area contributed by atoms with E-state index in [1.165, 1.54) is 6.08 Å². The average Bonchev–Trinajstić information content (AvgIpc) is 2.60. The van der Waals surface area contributed by atoms with Crippen molar-refractivity contribution in [1.82, 2.24) is 5.32 Å². The van der Waals surface area contributed by atoms with Crippen molar-refractivity contribution in [3.8, 4) is 5.75 Å². The summed E-state index contributed by atoms with van der Waals surface area (Å²) in [7, 11) is 1.68. The number of carbonyl (C=O) groups is 1. The second kappa shape index (κ2) is 9.29. The topological polar surface area (TPSA) is 38.3 Å². The molecule has 2 aromatic rings. The summed E-state index contributed by atoms with van der Waals surface area (Å²) < 4.78 is 5.49. The van der Waals surface area contributed by atoms with Crippen LogP contribution in [0, 0.1) is 6.92 Å². The van der Waals surface area contributed by atoms with Crippen LogP contribution >= 0.6 is 23.2 Å². The molecule has 0 spiro atoms. The lowest BCUT2D eigenvalue weighted by Gasteiger charge is -2.20. The van der Waals surface area contributed by atoms with Gasteiger partial charge in [0.2, 0.25) is 5.91 Å². The number of hydrogen-bond donors (Lipinski definition) is 1. The van der Waals surface area contributed by atoms with E-state index in [-0.39, 0.29) is 11.9 Å². The quantitative estimate of drug-likeness (QED) is 0.570. The van der Waals surface area contributed by atoms with Crippen LogP contribution in [-0.4, -0.2) is 13.0 Å². The Morgan fingerprint density at radius 3 is 2.41 bits per heavy atom. The summed E-state index contributed by atoms with van der Waals surface area (Å²) >= 11 is 12.0. The van der Waals surface area contributed by atoms with Crippen molar-refractivity contribution in [3.05, 3.63) is 68.7 Å². The average molecular weight is 406 g/mol. The summed E-state index contributed by atoms with van der Waals surface area (Å²) in [6.07, 6.45) is 3.16. The molecule has 0 aliphatic carbocycles. The Balaban J connectivity index is 2.16. The Bertz CT molecular complexity index is 860. The number of halogens is 2. The highest BCUT2D eigenvalue weighted by molar-refractivity contribution is 6.35. The fourth-order valence-corrected chi connectivity index (χ4v) is 3.42. The van der Waals surface area contributed by atoms with Crippen LogP contribution in [0.2, 0.25) is 10.0 Å². The number of benzene rings is 2. The molecule has 3 nitrogen and oxygen atoms in total. The molecule has 2 rings (SSSR count). The fraction of sp³-hybridized carbons (Fsp3) is 0.318. The Kier molecular flexibility index (Phi) is 7.34. The molecule has 1 atom stereocenters. The zero-order valence-electron chi connectivity index (χ0n) is 16.3. The van der Waals surface area contributed by atoms with E-state index in [0.29, 0.717) is 16.0 Å². The van der Waals surface area contributed by atoms with Gasteiger partial charge in [0.15, 0.2) is 0 Å². The van der Waals surface area contributed by atoms with Gasteiger partial charge in [-0.15, -0.1) is 0 Å². The van der Waals surface area contributed by atoms with Crippen LogP contribution in [-0.2, 0) is 4.79 Å². The number of carbonyl (C=O) groups excluding carboxylic acids is 1. The van der Waals surface area contributed by atoms with E-state index in [9.17, 15) is 4.79 Å². The molecule has 0 aliphatic rings. The number of hydrogen-bond acceptors (Lipinski definition) is 2. The number of nitrogens with one attached hydrogen (secondary N) is 1. The highest BCUT2D eigenvalue weighted by Crippen LogP contribution is 2.32. The van der Waals surface area contributed by atoms with E-state index >= 15 is 0 Å². The Labute approximate surface area is 171 Å². The summed E-state index contributed by atoms with van der Waals surface area (Å²) in [5.41, 5.74) is 4.02. The van der Waals surface area contributed by atoms with Crippen LogP contribution in [0.25, 0.3) is 6.08 Å². The monoisotopic (exact) mass is 405 g/mol. The minimum atomic E-state index is -0.185. The lowest BCUT2D eigenvalue weighted by atomic mass is 9.93. The zero-order chi connectivity index (χ0) is 20.1. The number of amides is 1. The predicted octanol–water partition coefficient (Wildman–Crippen LogP) is 6.32. The molecular weight excluding hydrogens is 381 g/mol. The highest BCUT2D eigenvalue weighted by atomic mass is 35.5. The van der Waals surface area contributed by atoms with Gasteiger partial charge in [0.1, 0.15) is 5.75 Å². The molecule has 0 bridgehead atoms. The maximum absolute atomic E-state index is 12.3. The van der Waals surface area contributed by atoms with Crippen molar-refractivity contribution in [2.45, 2.75) is 39.7 Å². The van der Waals surface area contributed by atoms with Gasteiger partial charge in [0, 0.05) is 16.1 Å². The molecule has 144 valence electrons. The van der Waals surface area contributed by atoms with Gasteiger partial charge in [-0.3, -0.25) is 4.79 Å². The molecular formula is C22H25Cl2NO2. The lowest BCUT2D eigenvalue weighted by Crippen LogP contribution is -2.25.